The lowest BCUT2D eigenvalue weighted by molar-refractivity contribution is -0.140. The molecule has 1 aromatic heterocycles. The number of benzene rings is 2. The Labute approximate surface area is 216 Å². The average Bonchev–Trinajstić information content (AvgIpc) is 3.11. The first kappa shape index (κ1) is 24.2. The Kier molecular flexibility index (Phi) is 6.94. The van der Waals surface area contributed by atoms with Crippen LogP contribution in [-0.2, 0) is 9.53 Å². The van der Waals surface area contributed by atoms with E-state index in [0.717, 1.165) is 25.8 Å². The van der Waals surface area contributed by atoms with Crippen LogP contribution in [0.2, 0.25) is 0 Å². The van der Waals surface area contributed by atoms with Crippen LogP contribution >= 0.6 is 43.2 Å². The quantitative estimate of drug-likeness (QED) is 0.459. The number of aromatic nitrogens is 1. The first-order chi connectivity index (χ1) is 16.2. The Morgan fingerprint density at radius 3 is 2.29 bits per heavy atom. The van der Waals surface area contributed by atoms with Crippen molar-refractivity contribution in [3.63, 3.8) is 0 Å². The monoisotopic (exact) mass is 599 g/mol. The fourth-order valence-corrected chi connectivity index (χ4v) is 5.42. The van der Waals surface area contributed by atoms with Crippen LogP contribution < -0.4 is 20.5 Å². The molecule has 9 heteroatoms. The van der Waals surface area contributed by atoms with Gasteiger partial charge < -0.3 is 10.5 Å². The third kappa shape index (κ3) is 4.53. The molecule has 1 atom stereocenters. The minimum Gasteiger partial charge on any atom is -0.460 e. The number of esters is 1. The Bertz CT molecular complexity index is 1530. The highest BCUT2D eigenvalue weighted by Crippen LogP contribution is 2.37. The van der Waals surface area contributed by atoms with E-state index in [9.17, 15) is 14.9 Å². The van der Waals surface area contributed by atoms with Gasteiger partial charge in [-0.25, -0.2) is 4.79 Å². The van der Waals surface area contributed by atoms with Crippen LogP contribution in [0.1, 0.15) is 30.9 Å². The van der Waals surface area contributed by atoms with Crippen molar-refractivity contribution in [3.05, 3.63) is 93.7 Å². The fourth-order valence-electron chi connectivity index (χ4n) is 3.72. The Morgan fingerprint density at radius 1 is 1.15 bits per heavy atom. The molecule has 34 heavy (non-hydrogen) atoms. The molecule has 0 fully saturated rings. The average molecular weight is 601 g/mol. The van der Waals surface area contributed by atoms with Crippen molar-refractivity contribution in [1.82, 2.24) is 4.57 Å². The van der Waals surface area contributed by atoms with Crippen LogP contribution in [0.25, 0.3) is 17.5 Å². The van der Waals surface area contributed by atoms with Gasteiger partial charge in [0.2, 0.25) is 0 Å². The van der Waals surface area contributed by atoms with Gasteiger partial charge in [0, 0.05) is 8.95 Å². The van der Waals surface area contributed by atoms with Gasteiger partial charge in [0.1, 0.15) is 10.5 Å². The lowest BCUT2D eigenvalue weighted by Crippen LogP contribution is -2.40. The van der Waals surface area contributed by atoms with Crippen LogP contribution in [0.15, 0.2) is 67.8 Å². The summed E-state index contributed by atoms with van der Waals surface area (Å²) in [5.41, 5.74) is 7.85. The smallest absolute Gasteiger partial charge is 0.338 e. The van der Waals surface area contributed by atoms with Gasteiger partial charge in [-0.1, -0.05) is 56.1 Å². The van der Waals surface area contributed by atoms with Crippen molar-refractivity contribution in [2.45, 2.75) is 25.9 Å². The SMILES string of the molecule is CC(C)OC(=O)C1=c2s/c(=C/c3ccc(Br)cc3)c(=O)n2C(N)=C(C#N)[C@@H]1c1ccc(Br)cc1. The fraction of sp³-hybridized carbons (Fsp3) is 0.160. The van der Waals surface area contributed by atoms with Gasteiger partial charge in [0.25, 0.3) is 5.56 Å². The standard InChI is InChI=1S/C25H19Br2N3O3S/c1-13(2)33-25(32)21-20(15-5-9-17(27)10-6-15)18(12-28)22(29)30-23(31)19(34-24(21)30)11-14-3-7-16(26)8-4-14/h3-11,13,20H,29H2,1-2H3/b19-11+/t20-/m0/s1. The molecular weight excluding hydrogens is 582 g/mol. The van der Waals surface area contributed by atoms with E-state index in [4.69, 9.17) is 10.5 Å². The summed E-state index contributed by atoms with van der Waals surface area (Å²) in [6, 6.07) is 16.9. The van der Waals surface area contributed by atoms with Crippen molar-refractivity contribution >= 4 is 66.6 Å². The van der Waals surface area contributed by atoms with Crippen LogP contribution in [0.5, 0.6) is 0 Å². The van der Waals surface area contributed by atoms with E-state index in [-0.39, 0.29) is 23.1 Å². The van der Waals surface area contributed by atoms with Gasteiger partial charge in [-0.15, -0.1) is 11.3 Å². The maximum atomic E-state index is 13.4. The lowest BCUT2D eigenvalue weighted by Gasteiger charge is -2.25. The minimum absolute atomic E-state index is 0.0169. The number of nitrogens with zero attached hydrogens (tertiary/aromatic N) is 2. The molecule has 0 saturated heterocycles. The van der Waals surface area contributed by atoms with E-state index < -0.39 is 17.4 Å². The molecule has 6 nitrogen and oxygen atoms in total. The van der Waals surface area contributed by atoms with Crippen molar-refractivity contribution < 1.29 is 9.53 Å². The lowest BCUT2D eigenvalue weighted by atomic mass is 9.84. The molecule has 2 heterocycles. The molecule has 0 bridgehead atoms. The molecule has 172 valence electrons. The Hall–Kier alpha value is -2.93. The number of hydrogen-bond donors (Lipinski definition) is 1. The molecule has 1 aliphatic heterocycles. The minimum atomic E-state index is -0.761. The first-order valence-electron chi connectivity index (χ1n) is 10.3. The summed E-state index contributed by atoms with van der Waals surface area (Å²) in [6.45, 7) is 3.50. The molecule has 2 aromatic carbocycles. The highest BCUT2D eigenvalue weighted by atomic mass is 79.9. The predicted octanol–water partition coefficient (Wildman–Crippen LogP) is 3.81. The molecule has 3 aromatic rings. The molecule has 0 aliphatic carbocycles. The van der Waals surface area contributed by atoms with Crippen LogP contribution in [0.4, 0.5) is 0 Å². The molecule has 0 spiro atoms. The highest BCUT2D eigenvalue weighted by molar-refractivity contribution is 9.10. The van der Waals surface area contributed by atoms with E-state index in [1.54, 1.807) is 19.9 Å². The Balaban J connectivity index is 2.08. The maximum Gasteiger partial charge on any atom is 0.338 e. The number of rotatable bonds is 4. The second-order valence-electron chi connectivity index (χ2n) is 7.87. The number of halogens is 2. The van der Waals surface area contributed by atoms with Crippen LogP contribution in [0.3, 0.4) is 0 Å². The number of allylic oxidation sites excluding steroid dienone is 1. The van der Waals surface area contributed by atoms with Crippen molar-refractivity contribution in [2.75, 3.05) is 0 Å². The van der Waals surface area contributed by atoms with E-state index in [2.05, 4.69) is 37.9 Å². The number of nitrogens with two attached hydrogens (primary N) is 1. The van der Waals surface area contributed by atoms with Crippen LogP contribution in [-0.4, -0.2) is 16.6 Å². The Morgan fingerprint density at radius 2 is 1.74 bits per heavy atom. The van der Waals surface area contributed by atoms with Gasteiger partial charge in [0.05, 0.1) is 33.8 Å². The van der Waals surface area contributed by atoms with Gasteiger partial charge >= 0.3 is 5.97 Å². The summed E-state index contributed by atoms with van der Waals surface area (Å²) in [4.78, 5) is 26.7. The number of ether oxygens (including phenoxy) is 1. The topological polar surface area (TPSA) is 98.1 Å². The third-order valence-corrected chi connectivity index (χ3v) is 7.37. The van der Waals surface area contributed by atoms with E-state index in [1.807, 2.05) is 48.5 Å². The molecule has 4 rings (SSSR count). The van der Waals surface area contributed by atoms with Gasteiger partial charge in [-0.3, -0.25) is 9.36 Å². The number of nitriles is 1. The second-order valence-corrected chi connectivity index (χ2v) is 10.7. The predicted molar refractivity (Wildman–Crippen MR) is 140 cm³/mol. The maximum absolute atomic E-state index is 13.4. The molecule has 0 saturated carbocycles. The van der Waals surface area contributed by atoms with E-state index in [0.29, 0.717) is 14.8 Å². The summed E-state index contributed by atoms with van der Waals surface area (Å²) in [6.07, 6.45) is 1.36. The summed E-state index contributed by atoms with van der Waals surface area (Å²) in [5, 5.41) is 10.0. The number of carbonyl (C=O) groups excluding carboxylic acids is 1. The van der Waals surface area contributed by atoms with Crippen molar-refractivity contribution in [3.8, 4) is 6.07 Å². The number of fused-ring (bicyclic) bond motifs is 1. The zero-order chi connectivity index (χ0) is 24.6. The summed E-state index contributed by atoms with van der Waals surface area (Å²) in [5.74, 6) is -1.33. The summed E-state index contributed by atoms with van der Waals surface area (Å²) < 4.78 is 9.33. The molecule has 1 aliphatic rings. The van der Waals surface area contributed by atoms with Gasteiger partial charge in [-0.2, -0.15) is 5.26 Å². The van der Waals surface area contributed by atoms with E-state index in [1.165, 1.54) is 4.57 Å². The first-order valence-corrected chi connectivity index (χ1v) is 12.7. The van der Waals surface area contributed by atoms with Crippen molar-refractivity contribution in [2.24, 2.45) is 5.73 Å². The largest absolute Gasteiger partial charge is 0.460 e. The summed E-state index contributed by atoms with van der Waals surface area (Å²) in [7, 11) is 0. The van der Waals surface area contributed by atoms with Gasteiger partial charge in [0.15, 0.2) is 0 Å². The number of hydrogen-bond acceptors (Lipinski definition) is 6. The molecule has 0 radical (unpaired) electrons. The molecule has 2 N–H and O–H groups in total. The van der Waals surface area contributed by atoms with Crippen molar-refractivity contribution in [1.29, 1.82) is 5.26 Å². The number of thiazole rings is 1. The molecule has 0 amide bonds. The van der Waals surface area contributed by atoms with Crippen LogP contribution in [0, 0.1) is 11.3 Å². The second kappa shape index (κ2) is 9.74. The zero-order valence-corrected chi connectivity index (χ0v) is 22.2. The van der Waals surface area contributed by atoms with E-state index >= 15 is 0 Å². The van der Waals surface area contributed by atoms with Gasteiger partial charge in [-0.05, 0) is 55.3 Å². The third-order valence-electron chi connectivity index (χ3n) is 5.20. The highest BCUT2D eigenvalue weighted by Gasteiger charge is 2.36. The number of carbonyl (C=O) groups is 1. The summed E-state index contributed by atoms with van der Waals surface area (Å²) >= 11 is 7.97. The zero-order valence-electron chi connectivity index (χ0n) is 18.2. The molecule has 0 unspecified atom stereocenters. The molecular formula is C25H19Br2N3O3S. The normalized spacial score (nSPS) is 15.9.